The highest BCUT2D eigenvalue weighted by atomic mass is 19.1. The van der Waals surface area contributed by atoms with E-state index in [2.05, 4.69) is 5.32 Å². The lowest BCUT2D eigenvalue weighted by Crippen LogP contribution is -2.17. The maximum Gasteiger partial charge on any atom is 0.123 e. The molecule has 1 aromatic rings. The molecule has 2 heteroatoms. The summed E-state index contributed by atoms with van der Waals surface area (Å²) in [4.78, 5) is 0. The van der Waals surface area contributed by atoms with Crippen LogP contribution in [0.15, 0.2) is 24.3 Å². The molecule has 1 aliphatic carbocycles. The number of aryl methyl sites for hydroxylation is 1. The largest absolute Gasteiger partial charge is 0.314 e. The first-order valence-electron chi connectivity index (χ1n) is 5.32. The molecule has 0 amide bonds. The molecular formula is C12H16FN. The second-order valence-electron chi connectivity index (χ2n) is 3.96. The van der Waals surface area contributed by atoms with Gasteiger partial charge in [-0.05, 0) is 49.9 Å². The molecule has 0 unspecified atom stereocenters. The molecule has 76 valence electrons. The van der Waals surface area contributed by atoms with Crippen LogP contribution >= 0.6 is 0 Å². The van der Waals surface area contributed by atoms with Crippen molar-refractivity contribution in [2.45, 2.75) is 31.7 Å². The standard InChI is InChI=1S/C12H16FN/c13-11-5-3-10(4-6-11)2-1-9-14-12-7-8-12/h3-6,12,14H,1-2,7-9H2. The van der Waals surface area contributed by atoms with Crippen molar-refractivity contribution < 1.29 is 4.39 Å². The second kappa shape index (κ2) is 4.56. The minimum Gasteiger partial charge on any atom is -0.314 e. The van der Waals surface area contributed by atoms with E-state index in [0.717, 1.165) is 25.4 Å². The van der Waals surface area contributed by atoms with Gasteiger partial charge in [0.2, 0.25) is 0 Å². The third-order valence-electron chi connectivity index (χ3n) is 2.57. The maximum absolute atomic E-state index is 12.6. The van der Waals surface area contributed by atoms with Gasteiger partial charge >= 0.3 is 0 Å². The van der Waals surface area contributed by atoms with Gasteiger partial charge in [0, 0.05) is 6.04 Å². The molecule has 0 radical (unpaired) electrons. The summed E-state index contributed by atoms with van der Waals surface area (Å²) < 4.78 is 12.6. The van der Waals surface area contributed by atoms with Crippen LogP contribution in [0, 0.1) is 5.82 Å². The molecule has 0 spiro atoms. The van der Waals surface area contributed by atoms with Gasteiger partial charge in [-0.3, -0.25) is 0 Å². The van der Waals surface area contributed by atoms with E-state index >= 15 is 0 Å². The van der Waals surface area contributed by atoms with Gasteiger partial charge in [0.15, 0.2) is 0 Å². The van der Waals surface area contributed by atoms with Crippen molar-refractivity contribution in [1.82, 2.24) is 5.32 Å². The number of benzene rings is 1. The van der Waals surface area contributed by atoms with Crippen LogP contribution in [-0.4, -0.2) is 12.6 Å². The third kappa shape index (κ3) is 3.11. The minimum atomic E-state index is -0.148. The Labute approximate surface area is 84.3 Å². The van der Waals surface area contributed by atoms with E-state index in [-0.39, 0.29) is 5.82 Å². The molecule has 1 saturated carbocycles. The van der Waals surface area contributed by atoms with Crippen molar-refractivity contribution in [3.05, 3.63) is 35.6 Å². The molecule has 0 bridgehead atoms. The normalized spacial score (nSPS) is 15.8. The van der Waals surface area contributed by atoms with Crippen LogP contribution in [0.1, 0.15) is 24.8 Å². The molecular weight excluding hydrogens is 177 g/mol. The van der Waals surface area contributed by atoms with Gasteiger partial charge in [-0.15, -0.1) is 0 Å². The van der Waals surface area contributed by atoms with Crippen molar-refractivity contribution in [2.75, 3.05) is 6.54 Å². The van der Waals surface area contributed by atoms with Crippen LogP contribution in [0.4, 0.5) is 4.39 Å². The Bertz CT molecular complexity index is 277. The van der Waals surface area contributed by atoms with Crippen LogP contribution in [0.3, 0.4) is 0 Å². The Morgan fingerprint density at radius 1 is 1.21 bits per heavy atom. The lowest BCUT2D eigenvalue weighted by molar-refractivity contribution is 0.624. The van der Waals surface area contributed by atoms with Crippen molar-refractivity contribution >= 4 is 0 Å². The van der Waals surface area contributed by atoms with Gasteiger partial charge in [0.25, 0.3) is 0 Å². The van der Waals surface area contributed by atoms with Crippen LogP contribution in [-0.2, 0) is 6.42 Å². The summed E-state index contributed by atoms with van der Waals surface area (Å²) in [6.07, 6.45) is 4.87. The highest BCUT2D eigenvalue weighted by Gasteiger charge is 2.19. The summed E-state index contributed by atoms with van der Waals surface area (Å²) in [6.45, 7) is 1.09. The Hall–Kier alpha value is -0.890. The number of hydrogen-bond donors (Lipinski definition) is 1. The zero-order valence-corrected chi connectivity index (χ0v) is 8.30. The smallest absolute Gasteiger partial charge is 0.123 e. The molecule has 0 aliphatic heterocycles. The fraction of sp³-hybridized carbons (Fsp3) is 0.500. The second-order valence-corrected chi connectivity index (χ2v) is 3.96. The van der Waals surface area contributed by atoms with Crippen LogP contribution < -0.4 is 5.32 Å². The fourth-order valence-electron chi connectivity index (χ4n) is 1.54. The molecule has 14 heavy (non-hydrogen) atoms. The van der Waals surface area contributed by atoms with Crippen molar-refractivity contribution in [3.8, 4) is 0 Å². The van der Waals surface area contributed by atoms with Gasteiger partial charge < -0.3 is 5.32 Å². The molecule has 0 heterocycles. The summed E-state index contributed by atoms with van der Waals surface area (Å²) in [5.41, 5.74) is 1.23. The first-order valence-corrected chi connectivity index (χ1v) is 5.32. The number of nitrogens with one attached hydrogen (secondary N) is 1. The third-order valence-corrected chi connectivity index (χ3v) is 2.57. The molecule has 1 N–H and O–H groups in total. The zero-order valence-electron chi connectivity index (χ0n) is 8.30. The summed E-state index contributed by atoms with van der Waals surface area (Å²) in [6, 6.07) is 7.59. The van der Waals surface area contributed by atoms with Crippen molar-refractivity contribution in [2.24, 2.45) is 0 Å². The molecule has 0 saturated heterocycles. The summed E-state index contributed by atoms with van der Waals surface area (Å²) in [5, 5.41) is 3.46. The molecule has 0 atom stereocenters. The number of hydrogen-bond acceptors (Lipinski definition) is 1. The monoisotopic (exact) mass is 193 g/mol. The van der Waals surface area contributed by atoms with Gasteiger partial charge in [-0.25, -0.2) is 4.39 Å². The highest BCUT2D eigenvalue weighted by Crippen LogP contribution is 2.18. The van der Waals surface area contributed by atoms with E-state index in [4.69, 9.17) is 0 Å². The number of rotatable bonds is 5. The van der Waals surface area contributed by atoms with Crippen LogP contribution in [0.2, 0.25) is 0 Å². The molecule has 2 rings (SSSR count). The SMILES string of the molecule is Fc1ccc(CCCNC2CC2)cc1. The maximum atomic E-state index is 12.6. The zero-order chi connectivity index (χ0) is 9.80. The Morgan fingerprint density at radius 3 is 2.57 bits per heavy atom. The van der Waals surface area contributed by atoms with E-state index in [1.165, 1.54) is 30.5 Å². The lowest BCUT2D eigenvalue weighted by Gasteiger charge is -2.02. The van der Waals surface area contributed by atoms with Crippen LogP contribution in [0.25, 0.3) is 0 Å². The van der Waals surface area contributed by atoms with Crippen molar-refractivity contribution in [3.63, 3.8) is 0 Å². The molecule has 0 aromatic heterocycles. The van der Waals surface area contributed by atoms with E-state index in [9.17, 15) is 4.39 Å². The molecule has 1 fully saturated rings. The summed E-state index contributed by atoms with van der Waals surface area (Å²) in [7, 11) is 0. The highest BCUT2D eigenvalue weighted by molar-refractivity contribution is 5.15. The minimum absolute atomic E-state index is 0.148. The average Bonchev–Trinajstić information content (AvgIpc) is 2.99. The van der Waals surface area contributed by atoms with Gasteiger partial charge in [-0.2, -0.15) is 0 Å². The van der Waals surface area contributed by atoms with Crippen LogP contribution in [0.5, 0.6) is 0 Å². The number of halogens is 1. The quantitative estimate of drug-likeness (QED) is 0.708. The predicted octanol–water partition coefficient (Wildman–Crippen LogP) is 2.51. The Morgan fingerprint density at radius 2 is 1.93 bits per heavy atom. The van der Waals surface area contributed by atoms with E-state index in [0.29, 0.717) is 0 Å². The predicted molar refractivity (Wildman–Crippen MR) is 55.7 cm³/mol. The van der Waals surface area contributed by atoms with Crippen molar-refractivity contribution in [1.29, 1.82) is 0 Å². The summed E-state index contributed by atoms with van der Waals surface area (Å²) in [5.74, 6) is -0.148. The molecule has 1 aromatic carbocycles. The lowest BCUT2D eigenvalue weighted by atomic mass is 10.1. The Balaban J connectivity index is 1.66. The first-order chi connectivity index (χ1) is 6.84. The van der Waals surface area contributed by atoms with E-state index < -0.39 is 0 Å². The molecule has 1 nitrogen and oxygen atoms in total. The average molecular weight is 193 g/mol. The van der Waals surface area contributed by atoms with Gasteiger partial charge in [-0.1, -0.05) is 12.1 Å². The van der Waals surface area contributed by atoms with E-state index in [1.54, 1.807) is 0 Å². The van der Waals surface area contributed by atoms with Gasteiger partial charge in [0.05, 0.1) is 0 Å². The van der Waals surface area contributed by atoms with E-state index in [1.807, 2.05) is 12.1 Å². The Kier molecular flexibility index (Phi) is 3.14. The van der Waals surface area contributed by atoms with Gasteiger partial charge in [0.1, 0.15) is 5.82 Å². The first kappa shape index (κ1) is 9.66. The fourth-order valence-corrected chi connectivity index (χ4v) is 1.54. The molecule has 1 aliphatic rings. The summed E-state index contributed by atoms with van der Waals surface area (Å²) >= 11 is 0. The topological polar surface area (TPSA) is 12.0 Å².